The third-order valence-electron chi connectivity index (χ3n) is 3.73. The van der Waals surface area contributed by atoms with E-state index in [1.54, 1.807) is 30.3 Å². The first-order valence-electron chi connectivity index (χ1n) is 7.18. The van der Waals surface area contributed by atoms with Crippen LogP contribution < -0.4 is 5.32 Å². The predicted octanol–water partition coefficient (Wildman–Crippen LogP) is 1.22. The maximum atomic E-state index is 11.8. The number of hydrogen-bond acceptors (Lipinski definition) is 5. The lowest BCUT2D eigenvalue weighted by atomic mass is 10.00. The average Bonchev–Trinajstić information content (AvgIpc) is 3.01. The summed E-state index contributed by atoms with van der Waals surface area (Å²) < 4.78 is 4.81. The quantitative estimate of drug-likeness (QED) is 0.797. The Hall–Kier alpha value is -2.39. The highest BCUT2D eigenvalue weighted by atomic mass is 16.5. The number of esters is 1. The van der Waals surface area contributed by atoms with E-state index in [-0.39, 0.29) is 0 Å². The van der Waals surface area contributed by atoms with Gasteiger partial charge in [0.25, 0.3) is 5.91 Å². The van der Waals surface area contributed by atoms with E-state index < -0.39 is 30.1 Å². The molecule has 116 valence electrons. The van der Waals surface area contributed by atoms with Crippen LogP contribution in [0.5, 0.6) is 0 Å². The lowest BCUT2D eigenvalue weighted by Gasteiger charge is -2.21. The molecule has 0 saturated heterocycles. The van der Waals surface area contributed by atoms with Crippen LogP contribution in [0, 0.1) is 11.3 Å². The normalized spacial score (nSPS) is 17.3. The van der Waals surface area contributed by atoms with Gasteiger partial charge >= 0.3 is 5.97 Å². The van der Waals surface area contributed by atoms with Crippen LogP contribution in [0.25, 0.3) is 0 Å². The van der Waals surface area contributed by atoms with Gasteiger partial charge in [-0.3, -0.25) is 4.79 Å². The molecule has 1 amide bonds. The number of ether oxygens (including phenoxy) is 1. The standard InChI is InChI=1S/C16H18N2O4/c17-11-16(8-4-5-9-16)18-13(19)10-22-15(21)14(20)12-6-2-1-3-7-12/h1-3,6-7,14,20H,4-5,8-10H2,(H,18,19)/t14-/m1/s1. The monoisotopic (exact) mass is 302 g/mol. The molecule has 1 fully saturated rings. The Morgan fingerprint density at radius 3 is 2.55 bits per heavy atom. The van der Waals surface area contributed by atoms with Gasteiger partial charge in [-0.2, -0.15) is 5.26 Å². The van der Waals surface area contributed by atoms with Crippen molar-refractivity contribution in [3.05, 3.63) is 35.9 Å². The van der Waals surface area contributed by atoms with Crippen molar-refractivity contribution in [1.29, 1.82) is 5.26 Å². The van der Waals surface area contributed by atoms with E-state index in [0.717, 1.165) is 12.8 Å². The van der Waals surface area contributed by atoms with Gasteiger partial charge in [0.15, 0.2) is 12.7 Å². The molecule has 0 unspecified atom stereocenters. The summed E-state index contributed by atoms with van der Waals surface area (Å²) in [6, 6.07) is 10.4. The zero-order valence-electron chi connectivity index (χ0n) is 12.1. The molecule has 6 nitrogen and oxygen atoms in total. The zero-order valence-corrected chi connectivity index (χ0v) is 12.1. The molecule has 2 rings (SSSR count). The van der Waals surface area contributed by atoms with Gasteiger partial charge in [0, 0.05) is 0 Å². The minimum absolute atomic E-state index is 0.400. The second kappa shape index (κ2) is 7.05. The first kappa shape index (κ1) is 16.0. The number of aliphatic hydroxyl groups is 1. The molecule has 0 bridgehead atoms. The Morgan fingerprint density at radius 1 is 1.32 bits per heavy atom. The average molecular weight is 302 g/mol. The summed E-state index contributed by atoms with van der Waals surface area (Å²) in [6.45, 7) is -0.508. The van der Waals surface area contributed by atoms with E-state index in [4.69, 9.17) is 10.00 Å². The summed E-state index contributed by atoms with van der Waals surface area (Å²) in [7, 11) is 0. The van der Waals surface area contributed by atoms with E-state index in [0.29, 0.717) is 18.4 Å². The number of nitrogens with one attached hydrogen (secondary N) is 1. The van der Waals surface area contributed by atoms with Gasteiger partial charge in [-0.25, -0.2) is 4.79 Å². The van der Waals surface area contributed by atoms with Crippen molar-refractivity contribution in [2.45, 2.75) is 37.3 Å². The van der Waals surface area contributed by atoms with Gasteiger partial charge in [0.2, 0.25) is 0 Å². The van der Waals surface area contributed by atoms with Crippen LogP contribution in [0.2, 0.25) is 0 Å². The summed E-state index contributed by atoms with van der Waals surface area (Å²) in [5.74, 6) is -1.42. The highest BCUT2D eigenvalue weighted by Gasteiger charge is 2.35. The van der Waals surface area contributed by atoms with Crippen LogP contribution in [0.15, 0.2) is 30.3 Å². The molecule has 0 spiro atoms. The SMILES string of the molecule is N#CC1(NC(=O)COC(=O)[C@H](O)c2ccccc2)CCCC1. The van der Waals surface area contributed by atoms with Crippen LogP contribution >= 0.6 is 0 Å². The fourth-order valence-electron chi connectivity index (χ4n) is 2.53. The lowest BCUT2D eigenvalue weighted by molar-refractivity contribution is -0.157. The molecule has 1 aliphatic carbocycles. The lowest BCUT2D eigenvalue weighted by Crippen LogP contribution is -2.46. The molecule has 0 aromatic heterocycles. The highest BCUT2D eigenvalue weighted by molar-refractivity contribution is 5.83. The molecule has 0 heterocycles. The molecular weight excluding hydrogens is 284 g/mol. The van der Waals surface area contributed by atoms with Crippen molar-refractivity contribution in [2.75, 3.05) is 6.61 Å². The summed E-state index contributed by atoms with van der Waals surface area (Å²) in [4.78, 5) is 23.5. The van der Waals surface area contributed by atoms with Gasteiger partial charge in [0.05, 0.1) is 6.07 Å². The Balaban J connectivity index is 1.83. The van der Waals surface area contributed by atoms with Gasteiger partial charge in [-0.05, 0) is 31.2 Å². The van der Waals surface area contributed by atoms with E-state index >= 15 is 0 Å². The van der Waals surface area contributed by atoms with Gasteiger partial charge in [-0.1, -0.05) is 30.3 Å². The smallest absolute Gasteiger partial charge is 0.340 e. The molecule has 1 aliphatic rings. The van der Waals surface area contributed by atoms with Crippen LogP contribution in [-0.4, -0.2) is 29.1 Å². The third kappa shape index (κ3) is 3.83. The summed E-state index contributed by atoms with van der Waals surface area (Å²) in [5.41, 5.74) is -0.446. The number of nitriles is 1. The molecule has 0 aliphatic heterocycles. The maximum absolute atomic E-state index is 11.8. The number of amides is 1. The fraction of sp³-hybridized carbons (Fsp3) is 0.438. The van der Waals surface area contributed by atoms with Gasteiger partial charge < -0.3 is 15.2 Å². The van der Waals surface area contributed by atoms with E-state index in [1.165, 1.54) is 0 Å². The molecule has 1 aromatic rings. The highest BCUT2D eigenvalue weighted by Crippen LogP contribution is 2.28. The summed E-state index contributed by atoms with van der Waals surface area (Å²) in [6.07, 6.45) is 1.57. The third-order valence-corrected chi connectivity index (χ3v) is 3.73. The summed E-state index contributed by atoms with van der Waals surface area (Å²) >= 11 is 0. The number of rotatable bonds is 5. The minimum Gasteiger partial charge on any atom is -0.453 e. The van der Waals surface area contributed by atoms with E-state index in [2.05, 4.69) is 11.4 Å². The molecule has 0 radical (unpaired) electrons. The minimum atomic E-state index is -1.43. The number of carbonyl (C=O) groups is 2. The van der Waals surface area contributed by atoms with Crippen LogP contribution in [0.1, 0.15) is 37.4 Å². The molecule has 2 N–H and O–H groups in total. The molecular formula is C16H18N2O4. The number of nitrogens with zero attached hydrogens (tertiary/aromatic N) is 1. The van der Waals surface area contributed by atoms with Gasteiger partial charge in [0.1, 0.15) is 5.54 Å². The number of hydrogen-bond donors (Lipinski definition) is 2. The molecule has 1 atom stereocenters. The van der Waals surface area contributed by atoms with Crippen LogP contribution in [-0.2, 0) is 14.3 Å². The zero-order chi connectivity index (χ0) is 16.0. The molecule has 1 aromatic carbocycles. The second-order valence-electron chi connectivity index (χ2n) is 5.37. The fourth-order valence-corrected chi connectivity index (χ4v) is 2.53. The topological polar surface area (TPSA) is 99.4 Å². The van der Waals surface area contributed by atoms with Crippen molar-refractivity contribution >= 4 is 11.9 Å². The first-order valence-corrected chi connectivity index (χ1v) is 7.18. The van der Waals surface area contributed by atoms with E-state index in [9.17, 15) is 14.7 Å². The molecule has 1 saturated carbocycles. The van der Waals surface area contributed by atoms with Crippen molar-refractivity contribution in [3.63, 3.8) is 0 Å². The van der Waals surface area contributed by atoms with Crippen molar-refractivity contribution in [1.82, 2.24) is 5.32 Å². The van der Waals surface area contributed by atoms with Crippen molar-refractivity contribution in [2.24, 2.45) is 0 Å². The number of benzene rings is 1. The maximum Gasteiger partial charge on any atom is 0.340 e. The van der Waals surface area contributed by atoms with Crippen LogP contribution in [0.3, 0.4) is 0 Å². The Bertz CT molecular complexity index is 574. The molecule has 6 heteroatoms. The Morgan fingerprint density at radius 2 is 1.95 bits per heavy atom. The van der Waals surface area contributed by atoms with E-state index in [1.807, 2.05) is 0 Å². The Kier molecular flexibility index (Phi) is 5.12. The Labute approximate surface area is 128 Å². The summed E-state index contributed by atoms with van der Waals surface area (Å²) in [5, 5.41) is 21.6. The number of carbonyl (C=O) groups excluding carboxylic acids is 2. The predicted molar refractivity (Wildman–Crippen MR) is 77.3 cm³/mol. The molecule has 22 heavy (non-hydrogen) atoms. The second-order valence-corrected chi connectivity index (χ2v) is 5.37. The number of aliphatic hydroxyl groups excluding tert-OH is 1. The van der Waals surface area contributed by atoms with Crippen LogP contribution in [0.4, 0.5) is 0 Å². The van der Waals surface area contributed by atoms with Gasteiger partial charge in [-0.15, -0.1) is 0 Å². The largest absolute Gasteiger partial charge is 0.453 e. The van der Waals surface area contributed by atoms with Crippen molar-refractivity contribution < 1.29 is 19.4 Å². The van der Waals surface area contributed by atoms with Crippen molar-refractivity contribution in [3.8, 4) is 6.07 Å². The first-order chi connectivity index (χ1) is 10.6.